The van der Waals surface area contributed by atoms with Crippen LogP contribution in [0.5, 0.6) is 0 Å². The molecule has 0 bridgehead atoms. The van der Waals surface area contributed by atoms with Crippen LogP contribution in [0.2, 0.25) is 0 Å². The van der Waals surface area contributed by atoms with Crippen molar-refractivity contribution >= 4 is 11.6 Å². The Morgan fingerprint density at radius 3 is 2.53 bits per heavy atom. The van der Waals surface area contributed by atoms with E-state index < -0.39 is 0 Å². The first kappa shape index (κ1) is 11.6. The van der Waals surface area contributed by atoms with Gasteiger partial charge in [-0.05, 0) is 18.6 Å². The van der Waals surface area contributed by atoms with Crippen LogP contribution < -0.4 is 10.6 Å². The molecule has 0 heterocycles. The van der Waals surface area contributed by atoms with Crippen molar-refractivity contribution < 1.29 is 0 Å². The van der Waals surface area contributed by atoms with E-state index in [1.54, 1.807) is 7.05 Å². The van der Waals surface area contributed by atoms with Gasteiger partial charge >= 0.3 is 0 Å². The lowest BCUT2D eigenvalue weighted by molar-refractivity contribution is 0.792. The number of benzene rings is 1. The largest absolute Gasteiger partial charge is 0.370 e. The topological polar surface area (TPSA) is 41.6 Å². The van der Waals surface area contributed by atoms with Crippen molar-refractivity contribution in [1.29, 1.82) is 0 Å². The Morgan fingerprint density at radius 2 is 2.00 bits per heavy atom. The van der Waals surface area contributed by atoms with Gasteiger partial charge < -0.3 is 10.6 Å². The van der Waals surface area contributed by atoms with Crippen LogP contribution >= 0.6 is 0 Å². The molecule has 0 fully saturated rings. The van der Waals surface area contributed by atoms with Crippen molar-refractivity contribution in [3.63, 3.8) is 0 Å². The summed E-state index contributed by atoms with van der Waals surface area (Å²) < 4.78 is 0. The van der Waals surface area contributed by atoms with Gasteiger partial charge in [0.2, 0.25) is 0 Å². The van der Waals surface area contributed by atoms with Gasteiger partial charge in [0.25, 0.3) is 0 Å². The Morgan fingerprint density at radius 1 is 1.33 bits per heavy atom. The lowest BCUT2D eigenvalue weighted by atomic mass is 10.2. The second kappa shape index (κ2) is 6.06. The zero-order valence-corrected chi connectivity index (χ0v) is 9.48. The number of hydrogen-bond donors (Lipinski definition) is 1. The van der Waals surface area contributed by atoms with E-state index in [0.29, 0.717) is 5.96 Å². The Labute approximate surface area is 91.6 Å². The molecule has 2 N–H and O–H groups in total. The highest BCUT2D eigenvalue weighted by molar-refractivity contribution is 5.94. The van der Waals surface area contributed by atoms with Crippen molar-refractivity contribution in [2.75, 3.05) is 18.5 Å². The van der Waals surface area contributed by atoms with E-state index in [-0.39, 0.29) is 0 Å². The van der Waals surface area contributed by atoms with Crippen LogP contribution in [-0.4, -0.2) is 19.6 Å². The summed E-state index contributed by atoms with van der Waals surface area (Å²) >= 11 is 0. The van der Waals surface area contributed by atoms with Gasteiger partial charge in [-0.3, -0.25) is 4.99 Å². The standard InChI is InChI=1S/C12H19N3/c1-3-4-10-15(12(13)14-2)11-8-6-5-7-9-11/h5-9H,3-4,10H2,1-2H3,(H2,13,14). The van der Waals surface area contributed by atoms with Gasteiger partial charge in [0, 0.05) is 19.3 Å². The van der Waals surface area contributed by atoms with Crippen molar-refractivity contribution in [2.24, 2.45) is 10.7 Å². The zero-order valence-electron chi connectivity index (χ0n) is 9.48. The first-order valence-electron chi connectivity index (χ1n) is 5.34. The van der Waals surface area contributed by atoms with Gasteiger partial charge in [-0.1, -0.05) is 31.5 Å². The highest BCUT2D eigenvalue weighted by atomic mass is 15.2. The second-order valence-corrected chi connectivity index (χ2v) is 3.42. The number of nitrogens with zero attached hydrogens (tertiary/aromatic N) is 2. The summed E-state index contributed by atoms with van der Waals surface area (Å²) in [5, 5.41) is 0. The van der Waals surface area contributed by atoms with E-state index in [9.17, 15) is 0 Å². The summed E-state index contributed by atoms with van der Waals surface area (Å²) in [5.74, 6) is 0.578. The van der Waals surface area contributed by atoms with Crippen LogP contribution in [0.1, 0.15) is 19.8 Å². The van der Waals surface area contributed by atoms with Gasteiger partial charge in [-0.25, -0.2) is 0 Å². The summed E-state index contributed by atoms with van der Waals surface area (Å²) in [5.41, 5.74) is 6.97. The number of aliphatic imine (C=N–C) groups is 1. The van der Waals surface area contributed by atoms with Crippen molar-refractivity contribution in [3.05, 3.63) is 30.3 Å². The molecule has 0 aromatic heterocycles. The maximum atomic E-state index is 5.87. The average Bonchev–Trinajstić information content (AvgIpc) is 2.30. The minimum absolute atomic E-state index is 0.578. The van der Waals surface area contributed by atoms with Crippen LogP contribution in [0.3, 0.4) is 0 Å². The van der Waals surface area contributed by atoms with Gasteiger partial charge in [0.15, 0.2) is 5.96 Å². The van der Waals surface area contributed by atoms with E-state index in [4.69, 9.17) is 5.73 Å². The molecule has 0 saturated carbocycles. The number of unbranched alkanes of at least 4 members (excludes halogenated alkanes) is 1. The van der Waals surface area contributed by atoms with E-state index in [1.165, 1.54) is 0 Å². The molecule has 3 nitrogen and oxygen atoms in total. The fourth-order valence-electron chi connectivity index (χ4n) is 1.42. The van der Waals surface area contributed by atoms with Gasteiger partial charge in [0.05, 0.1) is 0 Å². The monoisotopic (exact) mass is 205 g/mol. The highest BCUT2D eigenvalue weighted by Crippen LogP contribution is 2.13. The summed E-state index contributed by atoms with van der Waals surface area (Å²) in [6.45, 7) is 3.09. The smallest absolute Gasteiger partial charge is 0.195 e. The number of guanidine groups is 1. The van der Waals surface area contributed by atoms with E-state index >= 15 is 0 Å². The summed E-state index contributed by atoms with van der Waals surface area (Å²) in [7, 11) is 1.72. The van der Waals surface area contributed by atoms with Gasteiger partial charge in [0.1, 0.15) is 0 Å². The number of anilines is 1. The summed E-state index contributed by atoms with van der Waals surface area (Å²) in [6, 6.07) is 10.1. The molecule has 0 aliphatic rings. The minimum Gasteiger partial charge on any atom is -0.370 e. The molecule has 0 radical (unpaired) electrons. The summed E-state index contributed by atoms with van der Waals surface area (Å²) in [6.07, 6.45) is 2.27. The number of rotatable bonds is 4. The minimum atomic E-state index is 0.578. The lowest BCUT2D eigenvalue weighted by Crippen LogP contribution is -2.38. The quantitative estimate of drug-likeness (QED) is 0.605. The Balaban J connectivity index is 2.81. The van der Waals surface area contributed by atoms with Crippen molar-refractivity contribution in [2.45, 2.75) is 19.8 Å². The van der Waals surface area contributed by atoms with Crippen LogP contribution in [0, 0.1) is 0 Å². The first-order chi connectivity index (χ1) is 7.29. The maximum absolute atomic E-state index is 5.87. The van der Waals surface area contributed by atoms with Gasteiger partial charge in [-0.2, -0.15) is 0 Å². The van der Waals surface area contributed by atoms with Crippen LogP contribution in [0.25, 0.3) is 0 Å². The number of para-hydroxylation sites is 1. The maximum Gasteiger partial charge on any atom is 0.195 e. The molecule has 3 heteroatoms. The predicted molar refractivity (Wildman–Crippen MR) is 66.2 cm³/mol. The number of nitrogens with two attached hydrogens (primary N) is 1. The molecule has 0 aliphatic carbocycles. The van der Waals surface area contributed by atoms with Crippen LogP contribution in [0.15, 0.2) is 35.3 Å². The average molecular weight is 205 g/mol. The molecular weight excluding hydrogens is 186 g/mol. The predicted octanol–water partition coefficient (Wildman–Crippen LogP) is 2.24. The molecule has 0 spiro atoms. The zero-order chi connectivity index (χ0) is 11.1. The Hall–Kier alpha value is -1.51. The fraction of sp³-hybridized carbons (Fsp3) is 0.417. The van der Waals surface area contributed by atoms with Crippen molar-refractivity contribution in [3.8, 4) is 0 Å². The molecule has 0 saturated heterocycles. The molecule has 15 heavy (non-hydrogen) atoms. The summed E-state index contributed by atoms with van der Waals surface area (Å²) in [4.78, 5) is 6.08. The highest BCUT2D eigenvalue weighted by Gasteiger charge is 2.08. The van der Waals surface area contributed by atoms with Crippen molar-refractivity contribution in [1.82, 2.24) is 0 Å². The SMILES string of the molecule is CCCCN(C(N)=NC)c1ccccc1. The van der Waals surface area contributed by atoms with Gasteiger partial charge in [-0.15, -0.1) is 0 Å². The molecule has 1 aromatic carbocycles. The third-order valence-electron chi connectivity index (χ3n) is 2.31. The lowest BCUT2D eigenvalue weighted by Gasteiger charge is -2.23. The van der Waals surface area contributed by atoms with E-state index in [0.717, 1.165) is 25.1 Å². The molecule has 0 amide bonds. The normalized spacial score (nSPS) is 11.5. The molecule has 0 aliphatic heterocycles. The third kappa shape index (κ3) is 3.27. The van der Waals surface area contributed by atoms with Crippen LogP contribution in [0.4, 0.5) is 5.69 Å². The van der Waals surface area contributed by atoms with E-state index in [2.05, 4.69) is 11.9 Å². The molecule has 1 rings (SSSR count). The molecule has 82 valence electrons. The molecule has 0 atom stereocenters. The molecule has 1 aromatic rings. The molecular formula is C12H19N3. The van der Waals surface area contributed by atoms with Crippen LogP contribution in [-0.2, 0) is 0 Å². The third-order valence-corrected chi connectivity index (χ3v) is 2.31. The Bertz CT molecular complexity index is 306. The molecule has 0 unspecified atom stereocenters. The second-order valence-electron chi connectivity index (χ2n) is 3.42. The van der Waals surface area contributed by atoms with E-state index in [1.807, 2.05) is 35.2 Å². The first-order valence-corrected chi connectivity index (χ1v) is 5.34. The Kier molecular flexibility index (Phi) is 4.68. The number of hydrogen-bond acceptors (Lipinski definition) is 1. The fourth-order valence-corrected chi connectivity index (χ4v) is 1.42.